The van der Waals surface area contributed by atoms with Crippen LogP contribution in [-0.4, -0.2) is 37.4 Å². The molecule has 0 unspecified atom stereocenters. The van der Waals surface area contributed by atoms with Gasteiger partial charge in [0.15, 0.2) is 0 Å². The number of imide groups is 1. The van der Waals surface area contributed by atoms with Crippen LogP contribution in [0.15, 0.2) is 48.5 Å². The predicted octanol–water partition coefficient (Wildman–Crippen LogP) is 2.38. The molecule has 0 saturated carbocycles. The van der Waals surface area contributed by atoms with Gasteiger partial charge in [0, 0.05) is 17.3 Å². The van der Waals surface area contributed by atoms with Gasteiger partial charge in [-0.3, -0.25) is 19.2 Å². The lowest BCUT2D eigenvalue weighted by Crippen LogP contribution is -2.35. The van der Waals surface area contributed by atoms with Crippen LogP contribution < -0.4 is 4.72 Å². The summed E-state index contributed by atoms with van der Waals surface area (Å²) in [5.41, 5.74) is 0.956. The van der Waals surface area contributed by atoms with Gasteiger partial charge in [-0.15, -0.1) is 0 Å². The Bertz CT molecular complexity index is 875. The molecule has 1 heterocycles. The third kappa shape index (κ3) is 3.27. The Morgan fingerprint density at radius 3 is 2.00 bits per heavy atom. The van der Waals surface area contributed by atoms with Crippen molar-refractivity contribution < 1.29 is 18.0 Å². The molecule has 2 aromatic carbocycles. The summed E-state index contributed by atoms with van der Waals surface area (Å²) in [7, 11) is -3.71. The van der Waals surface area contributed by atoms with E-state index in [-0.39, 0.29) is 12.3 Å². The highest BCUT2D eigenvalue weighted by Crippen LogP contribution is 2.22. The van der Waals surface area contributed by atoms with Gasteiger partial charge in [0.05, 0.1) is 16.9 Å². The van der Waals surface area contributed by atoms with Gasteiger partial charge in [0.2, 0.25) is 10.0 Å². The second-order valence-corrected chi connectivity index (χ2v) is 7.51. The molecule has 1 N–H and O–H groups in total. The minimum atomic E-state index is -3.71. The molecule has 8 heteroatoms. The van der Waals surface area contributed by atoms with E-state index in [9.17, 15) is 18.0 Å². The van der Waals surface area contributed by atoms with Crippen LogP contribution in [0.4, 0.5) is 5.69 Å². The molecule has 0 spiro atoms. The fraction of sp³-hybridized carbons (Fsp3) is 0.125. The molecule has 0 aromatic heterocycles. The average Bonchev–Trinajstić information content (AvgIpc) is 2.79. The quantitative estimate of drug-likeness (QED) is 0.825. The van der Waals surface area contributed by atoms with Crippen molar-refractivity contribution in [1.29, 1.82) is 0 Å². The van der Waals surface area contributed by atoms with E-state index >= 15 is 0 Å². The van der Waals surface area contributed by atoms with E-state index in [4.69, 9.17) is 11.6 Å². The predicted molar refractivity (Wildman–Crippen MR) is 90.7 cm³/mol. The van der Waals surface area contributed by atoms with Gasteiger partial charge in [0.25, 0.3) is 11.8 Å². The lowest BCUT2D eigenvalue weighted by atomic mass is 10.1. The molecule has 1 aliphatic rings. The van der Waals surface area contributed by atoms with E-state index in [1.54, 1.807) is 36.4 Å². The molecule has 0 radical (unpaired) electrons. The molecule has 0 saturated heterocycles. The highest BCUT2D eigenvalue weighted by molar-refractivity contribution is 7.92. The molecule has 0 fully saturated rings. The molecular weight excluding hydrogens is 352 g/mol. The molecule has 2 aromatic rings. The Hall–Kier alpha value is -2.38. The first-order valence-corrected chi connectivity index (χ1v) is 9.12. The van der Waals surface area contributed by atoms with Gasteiger partial charge in [-0.2, -0.15) is 0 Å². The van der Waals surface area contributed by atoms with E-state index in [1.807, 2.05) is 0 Å². The van der Waals surface area contributed by atoms with Crippen molar-refractivity contribution in [2.45, 2.75) is 0 Å². The zero-order valence-corrected chi connectivity index (χ0v) is 14.0. The number of nitrogens with zero attached hydrogens (tertiary/aromatic N) is 1. The molecule has 6 nitrogen and oxygen atoms in total. The van der Waals surface area contributed by atoms with Crippen LogP contribution in [0.25, 0.3) is 0 Å². The SMILES string of the molecule is O=C1c2ccccc2C(=O)N1CCS(=O)(=O)Nc1ccc(Cl)cc1. The van der Waals surface area contributed by atoms with Gasteiger partial charge < -0.3 is 0 Å². The number of hydrogen-bond donors (Lipinski definition) is 1. The van der Waals surface area contributed by atoms with E-state index in [0.717, 1.165) is 4.90 Å². The normalized spacial score (nSPS) is 14.0. The number of sulfonamides is 1. The first kappa shape index (κ1) is 16.5. The Morgan fingerprint density at radius 1 is 0.917 bits per heavy atom. The highest BCUT2D eigenvalue weighted by Gasteiger charge is 2.35. The average molecular weight is 365 g/mol. The lowest BCUT2D eigenvalue weighted by Gasteiger charge is -2.14. The minimum absolute atomic E-state index is 0.213. The third-order valence-corrected chi connectivity index (χ3v) is 5.10. The number of benzene rings is 2. The fourth-order valence-corrected chi connectivity index (χ4v) is 3.55. The number of nitrogens with one attached hydrogen (secondary N) is 1. The Balaban J connectivity index is 1.68. The van der Waals surface area contributed by atoms with Crippen LogP contribution in [0, 0.1) is 0 Å². The molecule has 1 aliphatic heterocycles. The lowest BCUT2D eigenvalue weighted by molar-refractivity contribution is 0.0664. The maximum Gasteiger partial charge on any atom is 0.261 e. The van der Waals surface area contributed by atoms with E-state index in [0.29, 0.717) is 21.8 Å². The Labute approximate surface area is 144 Å². The van der Waals surface area contributed by atoms with Crippen molar-refractivity contribution in [2.24, 2.45) is 0 Å². The van der Waals surface area contributed by atoms with Crippen LogP contribution in [0.5, 0.6) is 0 Å². The van der Waals surface area contributed by atoms with Crippen LogP contribution in [0.1, 0.15) is 20.7 Å². The van der Waals surface area contributed by atoms with E-state index in [1.165, 1.54) is 12.1 Å². The first-order valence-electron chi connectivity index (χ1n) is 7.09. The van der Waals surface area contributed by atoms with Gasteiger partial charge in [-0.05, 0) is 36.4 Å². The number of halogens is 1. The zero-order chi connectivity index (χ0) is 17.3. The van der Waals surface area contributed by atoms with Gasteiger partial charge in [-0.1, -0.05) is 23.7 Å². The Kier molecular flexibility index (Phi) is 4.29. The zero-order valence-electron chi connectivity index (χ0n) is 12.4. The summed E-state index contributed by atoms with van der Waals surface area (Å²) in [5, 5.41) is 0.490. The van der Waals surface area contributed by atoms with Crippen molar-refractivity contribution in [3.63, 3.8) is 0 Å². The van der Waals surface area contributed by atoms with Crippen molar-refractivity contribution >= 4 is 39.1 Å². The topological polar surface area (TPSA) is 83.6 Å². The third-order valence-electron chi connectivity index (χ3n) is 3.58. The monoisotopic (exact) mass is 364 g/mol. The second-order valence-electron chi connectivity index (χ2n) is 5.24. The summed E-state index contributed by atoms with van der Waals surface area (Å²) in [6, 6.07) is 12.6. The minimum Gasteiger partial charge on any atom is -0.283 e. The Morgan fingerprint density at radius 2 is 1.46 bits per heavy atom. The maximum absolute atomic E-state index is 12.2. The number of carbonyl (C=O) groups is 2. The summed E-state index contributed by atoms with van der Waals surface area (Å²) >= 11 is 5.75. The number of hydrogen-bond acceptors (Lipinski definition) is 4. The van der Waals surface area contributed by atoms with Gasteiger partial charge in [0.1, 0.15) is 0 Å². The second kappa shape index (κ2) is 6.26. The smallest absolute Gasteiger partial charge is 0.261 e. The molecule has 0 bridgehead atoms. The molecule has 2 amide bonds. The molecule has 24 heavy (non-hydrogen) atoms. The van der Waals surface area contributed by atoms with E-state index in [2.05, 4.69) is 4.72 Å². The van der Waals surface area contributed by atoms with Gasteiger partial charge >= 0.3 is 0 Å². The number of carbonyl (C=O) groups excluding carboxylic acids is 2. The number of amides is 2. The van der Waals surface area contributed by atoms with Crippen molar-refractivity contribution in [2.75, 3.05) is 17.0 Å². The molecule has 0 aliphatic carbocycles. The number of fused-ring (bicyclic) bond motifs is 1. The number of rotatable bonds is 5. The summed E-state index contributed by atoms with van der Waals surface area (Å²) in [4.78, 5) is 25.3. The van der Waals surface area contributed by atoms with Crippen LogP contribution in [-0.2, 0) is 10.0 Å². The highest BCUT2D eigenvalue weighted by atomic mass is 35.5. The van der Waals surface area contributed by atoms with Crippen LogP contribution >= 0.6 is 11.6 Å². The summed E-state index contributed by atoms with van der Waals surface area (Å²) in [6.45, 7) is -0.213. The molecule has 3 rings (SSSR count). The molecule has 0 atom stereocenters. The largest absolute Gasteiger partial charge is 0.283 e. The van der Waals surface area contributed by atoms with E-state index < -0.39 is 21.8 Å². The molecular formula is C16H13ClN2O4S. The fourth-order valence-electron chi connectivity index (χ4n) is 2.40. The summed E-state index contributed by atoms with van der Waals surface area (Å²) < 4.78 is 26.7. The standard InChI is InChI=1S/C16H13ClN2O4S/c17-11-5-7-12(8-6-11)18-24(22,23)10-9-19-15(20)13-3-1-2-4-14(13)16(19)21/h1-8,18H,9-10H2. The number of anilines is 1. The maximum atomic E-state index is 12.2. The van der Waals surface area contributed by atoms with Crippen LogP contribution in [0.3, 0.4) is 0 Å². The van der Waals surface area contributed by atoms with Crippen molar-refractivity contribution in [1.82, 2.24) is 4.90 Å². The van der Waals surface area contributed by atoms with Crippen LogP contribution in [0.2, 0.25) is 5.02 Å². The summed E-state index contributed by atoms with van der Waals surface area (Å²) in [6.07, 6.45) is 0. The summed E-state index contributed by atoms with van der Waals surface area (Å²) in [5.74, 6) is -1.34. The van der Waals surface area contributed by atoms with Crippen molar-refractivity contribution in [3.05, 3.63) is 64.7 Å². The first-order chi connectivity index (χ1) is 11.4. The van der Waals surface area contributed by atoms with Gasteiger partial charge in [-0.25, -0.2) is 8.42 Å². The van der Waals surface area contributed by atoms with Crippen molar-refractivity contribution in [3.8, 4) is 0 Å². The molecule has 124 valence electrons.